The second-order valence-corrected chi connectivity index (χ2v) is 4.94. The summed E-state index contributed by atoms with van der Waals surface area (Å²) >= 11 is 10.8. The summed E-state index contributed by atoms with van der Waals surface area (Å²) in [6, 6.07) is 7.22. The summed E-state index contributed by atoms with van der Waals surface area (Å²) in [7, 11) is 0. The minimum atomic E-state index is 0.115. The first-order chi connectivity index (χ1) is 6.68. The van der Waals surface area contributed by atoms with Gasteiger partial charge in [-0.15, -0.1) is 11.3 Å². The van der Waals surface area contributed by atoms with Crippen LogP contribution in [0.5, 0.6) is 5.75 Å². The van der Waals surface area contributed by atoms with Crippen LogP contribution in [-0.2, 0) is 0 Å². The lowest BCUT2D eigenvalue weighted by Crippen LogP contribution is -1.74. The van der Waals surface area contributed by atoms with Gasteiger partial charge in [-0.25, -0.2) is 0 Å². The third kappa shape index (κ3) is 1.80. The quantitative estimate of drug-likeness (QED) is 0.817. The molecule has 0 bridgehead atoms. The van der Waals surface area contributed by atoms with Crippen molar-refractivity contribution in [2.75, 3.05) is 0 Å². The Morgan fingerprint density at radius 3 is 2.64 bits per heavy atom. The first kappa shape index (κ1) is 10.0. The summed E-state index contributed by atoms with van der Waals surface area (Å²) in [6.45, 7) is 0. The van der Waals surface area contributed by atoms with E-state index in [1.165, 1.54) is 0 Å². The molecule has 0 aliphatic rings. The van der Waals surface area contributed by atoms with Crippen LogP contribution in [0.25, 0.3) is 10.4 Å². The lowest BCUT2D eigenvalue weighted by molar-refractivity contribution is 0.476. The molecule has 0 unspecified atom stereocenters. The van der Waals surface area contributed by atoms with Gasteiger partial charge in [0.15, 0.2) is 0 Å². The maximum absolute atomic E-state index is 9.45. The van der Waals surface area contributed by atoms with Gasteiger partial charge in [0.05, 0.1) is 5.02 Å². The van der Waals surface area contributed by atoms with Crippen LogP contribution in [0.1, 0.15) is 0 Å². The standard InChI is InChI=1S/C10H6BrClOS/c11-7-3-4-14-10(7)6-1-2-8(12)9(13)5-6/h1-5,13H. The van der Waals surface area contributed by atoms with Gasteiger partial charge in [-0.1, -0.05) is 17.7 Å². The fraction of sp³-hybridized carbons (Fsp3) is 0. The highest BCUT2D eigenvalue weighted by atomic mass is 79.9. The minimum absolute atomic E-state index is 0.115. The number of rotatable bonds is 1. The van der Waals surface area contributed by atoms with Gasteiger partial charge in [-0.3, -0.25) is 0 Å². The van der Waals surface area contributed by atoms with Crippen molar-refractivity contribution < 1.29 is 5.11 Å². The molecule has 0 aliphatic carbocycles. The molecule has 14 heavy (non-hydrogen) atoms. The summed E-state index contributed by atoms with van der Waals surface area (Å²) in [5, 5.41) is 11.8. The molecule has 1 heterocycles. The van der Waals surface area contributed by atoms with Gasteiger partial charge in [-0.05, 0) is 45.1 Å². The molecular formula is C10H6BrClOS. The predicted molar refractivity (Wildman–Crippen MR) is 64.1 cm³/mol. The molecule has 0 aliphatic heterocycles. The van der Waals surface area contributed by atoms with Gasteiger partial charge in [0.2, 0.25) is 0 Å². The topological polar surface area (TPSA) is 20.2 Å². The molecule has 0 fully saturated rings. The van der Waals surface area contributed by atoms with Crippen LogP contribution in [0.2, 0.25) is 5.02 Å². The van der Waals surface area contributed by atoms with Gasteiger partial charge in [-0.2, -0.15) is 0 Å². The van der Waals surface area contributed by atoms with Crippen molar-refractivity contribution in [2.24, 2.45) is 0 Å². The van der Waals surface area contributed by atoms with Crippen molar-refractivity contribution in [1.82, 2.24) is 0 Å². The summed E-state index contributed by atoms with van der Waals surface area (Å²) in [5.74, 6) is 0.115. The van der Waals surface area contributed by atoms with E-state index in [0.717, 1.165) is 14.9 Å². The maximum Gasteiger partial charge on any atom is 0.134 e. The van der Waals surface area contributed by atoms with E-state index in [2.05, 4.69) is 15.9 Å². The molecule has 4 heteroatoms. The highest BCUT2D eigenvalue weighted by Crippen LogP contribution is 2.36. The van der Waals surface area contributed by atoms with Crippen LogP contribution in [0.15, 0.2) is 34.1 Å². The Morgan fingerprint density at radius 1 is 1.29 bits per heavy atom. The summed E-state index contributed by atoms with van der Waals surface area (Å²) in [5.41, 5.74) is 0.966. The molecule has 1 nitrogen and oxygen atoms in total. The smallest absolute Gasteiger partial charge is 0.134 e. The third-order valence-electron chi connectivity index (χ3n) is 1.83. The zero-order chi connectivity index (χ0) is 10.1. The first-order valence-electron chi connectivity index (χ1n) is 3.90. The Labute approximate surface area is 99.1 Å². The Kier molecular flexibility index (Phi) is 2.81. The molecule has 0 spiro atoms. The highest BCUT2D eigenvalue weighted by molar-refractivity contribution is 9.10. The van der Waals surface area contributed by atoms with E-state index < -0.39 is 0 Å². The van der Waals surface area contributed by atoms with Crippen LogP contribution >= 0.6 is 38.9 Å². The SMILES string of the molecule is Oc1cc(-c2sccc2Br)ccc1Cl. The monoisotopic (exact) mass is 288 g/mol. The van der Waals surface area contributed by atoms with E-state index in [0.29, 0.717) is 5.02 Å². The van der Waals surface area contributed by atoms with Gasteiger partial charge >= 0.3 is 0 Å². The number of hydrogen-bond donors (Lipinski definition) is 1. The lowest BCUT2D eigenvalue weighted by Gasteiger charge is -2.01. The van der Waals surface area contributed by atoms with Gasteiger partial charge in [0.1, 0.15) is 5.75 Å². The van der Waals surface area contributed by atoms with E-state index >= 15 is 0 Å². The zero-order valence-corrected chi connectivity index (χ0v) is 10.2. The Bertz CT molecular complexity index is 467. The average Bonchev–Trinajstić information content (AvgIpc) is 2.57. The Morgan fingerprint density at radius 2 is 2.07 bits per heavy atom. The van der Waals surface area contributed by atoms with Crippen LogP contribution in [-0.4, -0.2) is 5.11 Å². The number of hydrogen-bond acceptors (Lipinski definition) is 2. The molecule has 2 aromatic rings. The summed E-state index contributed by atoms with van der Waals surface area (Å²) in [6.07, 6.45) is 0. The van der Waals surface area contributed by atoms with Crippen molar-refractivity contribution in [3.05, 3.63) is 39.1 Å². The fourth-order valence-electron chi connectivity index (χ4n) is 1.15. The average molecular weight is 290 g/mol. The van der Waals surface area contributed by atoms with E-state index in [4.69, 9.17) is 11.6 Å². The van der Waals surface area contributed by atoms with Crippen molar-refractivity contribution in [3.63, 3.8) is 0 Å². The fourth-order valence-corrected chi connectivity index (χ4v) is 2.87. The first-order valence-corrected chi connectivity index (χ1v) is 5.95. The minimum Gasteiger partial charge on any atom is -0.506 e. The van der Waals surface area contributed by atoms with Gasteiger partial charge in [0.25, 0.3) is 0 Å². The van der Waals surface area contributed by atoms with Crippen molar-refractivity contribution in [2.45, 2.75) is 0 Å². The zero-order valence-electron chi connectivity index (χ0n) is 7.00. The molecule has 0 saturated heterocycles. The molecular weight excluding hydrogens is 284 g/mol. The molecule has 2 rings (SSSR count). The normalized spacial score (nSPS) is 10.4. The van der Waals surface area contributed by atoms with Gasteiger partial charge in [0, 0.05) is 9.35 Å². The molecule has 1 aromatic carbocycles. The number of thiophene rings is 1. The molecule has 72 valence electrons. The summed E-state index contributed by atoms with van der Waals surface area (Å²) in [4.78, 5) is 1.09. The Balaban J connectivity index is 2.53. The number of benzene rings is 1. The van der Waals surface area contributed by atoms with Crippen molar-refractivity contribution >= 4 is 38.9 Å². The largest absolute Gasteiger partial charge is 0.506 e. The van der Waals surface area contributed by atoms with Crippen molar-refractivity contribution in [3.8, 4) is 16.2 Å². The highest BCUT2D eigenvalue weighted by Gasteiger charge is 2.06. The lowest BCUT2D eigenvalue weighted by atomic mass is 10.2. The number of aromatic hydroxyl groups is 1. The van der Waals surface area contributed by atoms with E-state index in [1.807, 2.05) is 17.5 Å². The van der Waals surface area contributed by atoms with Crippen LogP contribution in [0.4, 0.5) is 0 Å². The van der Waals surface area contributed by atoms with Crippen LogP contribution in [0, 0.1) is 0 Å². The summed E-state index contributed by atoms with van der Waals surface area (Å²) < 4.78 is 1.03. The van der Waals surface area contributed by atoms with Crippen LogP contribution in [0.3, 0.4) is 0 Å². The van der Waals surface area contributed by atoms with E-state index in [9.17, 15) is 5.11 Å². The second kappa shape index (κ2) is 3.93. The predicted octanol–water partition coefficient (Wildman–Crippen LogP) is 4.54. The molecule has 0 saturated carbocycles. The number of halogens is 2. The maximum atomic E-state index is 9.45. The molecule has 1 N–H and O–H groups in total. The molecule has 0 radical (unpaired) electrons. The molecule has 0 atom stereocenters. The number of phenolic OH excluding ortho intramolecular Hbond substituents is 1. The Hall–Kier alpha value is -0.510. The van der Waals surface area contributed by atoms with E-state index in [-0.39, 0.29) is 5.75 Å². The van der Waals surface area contributed by atoms with E-state index in [1.54, 1.807) is 23.5 Å². The molecule has 1 aromatic heterocycles. The van der Waals surface area contributed by atoms with Gasteiger partial charge < -0.3 is 5.11 Å². The van der Waals surface area contributed by atoms with Crippen molar-refractivity contribution in [1.29, 1.82) is 0 Å². The number of phenols is 1. The second-order valence-electron chi connectivity index (χ2n) is 2.76. The third-order valence-corrected chi connectivity index (χ3v) is 4.03. The van der Waals surface area contributed by atoms with Crippen LogP contribution < -0.4 is 0 Å². The molecule has 0 amide bonds.